The molecule has 0 saturated carbocycles. The van der Waals surface area contributed by atoms with E-state index in [1.165, 1.54) is 0 Å². The number of aliphatic hydroxyl groups is 2. The Morgan fingerprint density at radius 2 is 1.26 bits per heavy atom. The predicted octanol–water partition coefficient (Wildman–Crippen LogP) is 7.07. The molecule has 0 radical (unpaired) electrons. The van der Waals surface area contributed by atoms with Gasteiger partial charge in [0.15, 0.2) is 18.9 Å². The first-order chi connectivity index (χ1) is 29.7. The van der Waals surface area contributed by atoms with Gasteiger partial charge in [0.25, 0.3) is 0 Å². The molecular weight excluding hydrogens is 801 g/mol. The van der Waals surface area contributed by atoms with Gasteiger partial charge in [-0.25, -0.2) is 4.57 Å². The van der Waals surface area contributed by atoms with Crippen molar-refractivity contribution in [1.82, 2.24) is 15.1 Å². The first-order valence-electron chi connectivity index (χ1n) is 21.5. The van der Waals surface area contributed by atoms with Gasteiger partial charge in [-0.1, -0.05) is 88.9 Å². The molecule has 2 saturated heterocycles. The maximum Gasteiger partial charge on any atom is 0.222 e. The summed E-state index contributed by atoms with van der Waals surface area (Å²) in [5, 5.41) is 22.9. The van der Waals surface area contributed by atoms with Crippen molar-refractivity contribution in [1.29, 1.82) is 0 Å². The SMILES string of the molecule is C=CC=C(C=CNCCN(C)C(=O)CCCSSCCCC(=O)N(C)CC[n+]1ccc(C=Cc2ccc(N3CCC(O)C3)cc2)cc1)C=Cc1ccc(N2CCC(O)C2)cc1. The highest BCUT2D eigenvalue weighted by molar-refractivity contribution is 8.76. The lowest BCUT2D eigenvalue weighted by Crippen LogP contribution is -2.40. The zero-order valence-electron chi connectivity index (χ0n) is 36.0. The van der Waals surface area contributed by atoms with Crippen molar-refractivity contribution in [3.05, 3.63) is 132 Å². The molecule has 2 fully saturated rings. The van der Waals surface area contributed by atoms with Crippen molar-refractivity contribution >= 4 is 63.0 Å². The molecule has 0 spiro atoms. The van der Waals surface area contributed by atoms with E-state index in [1.807, 2.05) is 43.4 Å². The van der Waals surface area contributed by atoms with Crippen LogP contribution in [0.25, 0.3) is 18.2 Å². The molecule has 5 rings (SSSR count). The van der Waals surface area contributed by atoms with E-state index in [-0.39, 0.29) is 24.0 Å². The van der Waals surface area contributed by atoms with Crippen LogP contribution in [0, 0.1) is 0 Å². The molecule has 61 heavy (non-hydrogen) atoms. The molecule has 2 aromatic carbocycles. The van der Waals surface area contributed by atoms with E-state index >= 15 is 0 Å². The number of rotatable bonds is 24. The van der Waals surface area contributed by atoms with Crippen LogP contribution in [0.5, 0.6) is 0 Å². The standard InChI is InChI=1S/C49H65N6O4S2/c1-4-7-40(10-11-41-14-18-44(19-15-41)54-31-25-46(56)38-54)22-27-50-28-33-51(2)48(58)8-5-36-60-61-37-6-9-49(59)52(3)34-35-53-29-23-43(24-30-53)13-12-42-16-20-45(21-17-42)55-32-26-47(57)39-55/h4,7,10-24,27,29-30,46-47,50,56-57H,1,5-6,8-9,25-26,28,31-39H2,2-3H3/q+1. The quantitative estimate of drug-likeness (QED) is 0.0378. The highest BCUT2D eigenvalue weighted by atomic mass is 33.1. The number of aliphatic hydroxyl groups excluding tert-OH is 2. The number of carbonyl (C=O) groups is 2. The number of aromatic nitrogens is 1. The van der Waals surface area contributed by atoms with Crippen molar-refractivity contribution in [3.63, 3.8) is 0 Å². The van der Waals surface area contributed by atoms with Gasteiger partial charge in [0.1, 0.15) is 0 Å². The van der Waals surface area contributed by atoms with Crippen LogP contribution >= 0.6 is 21.6 Å². The van der Waals surface area contributed by atoms with E-state index in [1.54, 1.807) is 32.6 Å². The molecule has 3 heterocycles. The summed E-state index contributed by atoms with van der Waals surface area (Å²) >= 11 is 0. The zero-order valence-corrected chi connectivity index (χ0v) is 37.6. The lowest BCUT2D eigenvalue weighted by molar-refractivity contribution is -0.696. The number of benzene rings is 2. The van der Waals surface area contributed by atoms with Gasteiger partial charge in [-0.2, -0.15) is 0 Å². The first-order valence-corrected chi connectivity index (χ1v) is 24.0. The average Bonchev–Trinajstić information content (AvgIpc) is 3.92. The number of nitrogens with one attached hydrogen (secondary N) is 1. The summed E-state index contributed by atoms with van der Waals surface area (Å²) in [6.45, 7) is 9.70. The molecule has 2 aliphatic heterocycles. The maximum atomic E-state index is 12.7. The van der Waals surface area contributed by atoms with Crippen LogP contribution in [0.3, 0.4) is 0 Å². The number of hydrogen-bond donors (Lipinski definition) is 3. The Hall–Kier alpha value is -4.75. The molecule has 0 aliphatic carbocycles. The topological polar surface area (TPSA) is 103 Å². The van der Waals surface area contributed by atoms with Crippen LogP contribution in [0.1, 0.15) is 55.2 Å². The van der Waals surface area contributed by atoms with Gasteiger partial charge < -0.3 is 35.1 Å². The molecular formula is C49H65N6O4S2+. The third-order valence-electron chi connectivity index (χ3n) is 10.9. The number of β-amino-alcohol motifs (C(OH)–C–C–N with tert-alkyl or cyclic N) is 2. The van der Waals surface area contributed by atoms with Gasteiger partial charge in [-0.15, -0.1) is 0 Å². The average molecular weight is 866 g/mol. The monoisotopic (exact) mass is 865 g/mol. The second-order valence-corrected chi connectivity index (χ2v) is 18.4. The Bertz CT molecular complexity index is 1930. The number of anilines is 2. The van der Waals surface area contributed by atoms with Crippen molar-refractivity contribution in [3.8, 4) is 0 Å². The molecule has 2 aliphatic rings. The zero-order chi connectivity index (χ0) is 43.2. The smallest absolute Gasteiger partial charge is 0.222 e. The molecule has 12 heteroatoms. The number of likely N-dealkylation sites (N-methyl/N-ethyl adjacent to an activating group) is 2. The van der Waals surface area contributed by atoms with Crippen LogP contribution in [-0.2, 0) is 16.1 Å². The van der Waals surface area contributed by atoms with Crippen LogP contribution in [0.4, 0.5) is 11.4 Å². The minimum absolute atomic E-state index is 0.149. The second kappa shape index (κ2) is 25.9. The molecule has 2 atom stereocenters. The van der Waals surface area contributed by atoms with Gasteiger partial charge in [0, 0.05) is 101 Å². The fourth-order valence-electron chi connectivity index (χ4n) is 7.01. The summed E-state index contributed by atoms with van der Waals surface area (Å²) in [4.78, 5) is 33.4. The van der Waals surface area contributed by atoms with Crippen molar-refractivity contribution in [2.45, 2.75) is 57.3 Å². The minimum atomic E-state index is -0.237. The predicted molar refractivity (Wildman–Crippen MR) is 257 cm³/mol. The van der Waals surface area contributed by atoms with Gasteiger partial charge in [0.05, 0.1) is 18.8 Å². The third kappa shape index (κ3) is 16.9. The van der Waals surface area contributed by atoms with Crippen molar-refractivity contribution < 1.29 is 24.4 Å². The summed E-state index contributed by atoms with van der Waals surface area (Å²) in [6.07, 6.45) is 24.0. The number of pyridine rings is 1. The fraction of sp³-hybridized carbons (Fsp3) is 0.408. The van der Waals surface area contributed by atoms with E-state index in [4.69, 9.17) is 0 Å². The van der Waals surface area contributed by atoms with Gasteiger partial charge in [0.2, 0.25) is 11.8 Å². The molecule has 10 nitrogen and oxygen atoms in total. The fourth-order valence-corrected chi connectivity index (χ4v) is 9.19. The minimum Gasteiger partial charge on any atom is -0.391 e. The van der Waals surface area contributed by atoms with E-state index in [2.05, 4.69) is 118 Å². The molecule has 1 aromatic heterocycles. The van der Waals surface area contributed by atoms with Crippen LogP contribution < -0.4 is 19.7 Å². The number of carbonyl (C=O) groups excluding carboxylic acids is 2. The van der Waals surface area contributed by atoms with Gasteiger partial charge in [-0.3, -0.25) is 9.59 Å². The highest BCUT2D eigenvalue weighted by Gasteiger charge is 2.21. The first kappa shape index (κ1) is 47.3. The van der Waals surface area contributed by atoms with Crippen LogP contribution in [0.15, 0.2) is 116 Å². The largest absolute Gasteiger partial charge is 0.391 e. The van der Waals surface area contributed by atoms with E-state index in [9.17, 15) is 19.8 Å². The molecule has 0 bridgehead atoms. The van der Waals surface area contributed by atoms with Crippen LogP contribution in [-0.4, -0.2) is 115 Å². The number of allylic oxidation sites excluding steroid dienone is 5. The lowest BCUT2D eigenvalue weighted by atomic mass is 10.1. The van der Waals surface area contributed by atoms with E-state index in [0.717, 1.165) is 90.5 Å². The van der Waals surface area contributed by atoms with Gasteiger partial charge >= 0.3 is 0 Å². The van der Waals surface area contributed by atoms with Crippen molar-refractivity contribution in [2.75, 3.05) is 81.2 Å². The lowest BCUT2D eigenvalue weighted by Gasteiger charge is -2.17. The highest BCUT2D eigenvalue weighted by Crippen LogP contribution is 2.25. The normalized spacial score (nSPS) is 17.0. The number of amides is 2. The Morgan fingerprint density at radius 3 is 1.77 bits per heavy atom. The summed E-state index contributed by atoms with van der Waals surface area (Å²) in [6, 6.07) is 21.0. The second-order valence-electron chi connectivity index (χ2n) is 15.7. The van der Waals surface area contributed by atoms with Crippen molar-refractivity contribution in [2.24, 2.45) is 0 Å². The van der Waals surface area contributed by atoms with Gasteiger partial charge in [-0.05, 0) is 84.5 Å². The molecule has 2 amide bonds. The summed E-state index contributed by atoms with van der Waals surface area (Å²) in [5.74, 6) is 2.13. The third-order valence-corrected chi connectivity index (χ3v) is 13.4. The molecule has 2 unspecified atom stereocenters. The number of nitrogens with zero attached hydrogens (tertiary/aromatic N) is 5. The number of hydrogen-bond acceptors (Lipinski definition) is 9. The Balaban J connectivity index is 0.859. The summed E-state index contributed by atoms with van der Waals surface area (Å²) in [7, 11) is 7.28. The summed E-state index contributed by atoms with van der Waals surface area (Å²) in [5.41, 5.74) is 6.64. The van der Waals surface area contributed by atoms with E-state index in [0.29, 0.717) is 45.6 Å². The Labute approximate surface area is 371 Å². The van der Waals surface area contributed by atoms with E-state index < -0.39 is 0 Å². The van der Waals surface area contributed by atoms with Crippen LogP contribution in [0.2, 0.25) is 0 Å². The summed E-state index contributed by atoms with van der Waals surface area (Å²) < 4.78 is 2.11. The molecule has 3 aromatic rings. The Morgan fingerprint density at radius 1 is 0.754 bits per heavy atom. The maximum absolute atomic E-state index is 12.7. The molecule has 326 valence electrons. The Kier molecular flexibility index (Phi) is 20.1. The molecule has 3 N–H and O–H groups in total.